The number of nitrogens with zero attached hydrogens (tertiary/aromatic N) is 1. The molecule has 160 valence electrons. The molecule has 0 saturated carbocycles. The Kier molecular flexibility index (Phi) is 6.91. The summed E-state index contributed by atoms with van der Waals surface area (Å²) in [5.74, 6) is 0. The van der Waals surface area contributed by atoms with Crippen LogP contribution < -0.4 is 10.9 Å². The van der Waals surface area contributed by atoms with Crippen LogP contribution in [0, 0.1) is 0 Å². The van der Waals surface area contributed by atoms with E-state index >= 15 is 0 Å². The van der Waals surface area contributed by atoms with Gasteiger partial charge in [-0.1, -0.05) is 17.8 Å². The Morgan fingerprint density at radius 3 is 2.38 bits per heavy atom. The summed E-state index contributed by atoms with van der Waals surface area (Å²) >= 11 is 1.34. The Hall–Kier alpha value is -1.78. The monoisotopic (exact) mass is 423 g/mol. The highest BCUT2D eigenvalue weighted by Gasteiger charge is 2.52. The number of aromatic amines is 1. The van der Waals surface area contributed by atoms with Crippen molar-refractivity contribution in [1.29, 1.82) is 0 Å². The van der Waals surface area contributed by atoms with Crippen molar-refractivity contribution in [2.45, 2.75) is 70.4 Å². The first kappa shape index (κ1) is 23.5. The van der Waals surface area contributed by atoms with Gasteiger partial charge in [0.25, 0.3) is 5.56 Å². The topological polar surface area (TPSA) is 103 Å². The number of H-pyrrole nitrogens is 1. The smallest absolute Gasteiger partial charge is 0.444 e. The standard InChI is InChI=1S/C19H30BN3O5S/c1-17(2,3)26-16(25)22-11-13(20-27-18(4,5)19(6,7)28-20)9-12-10-21-15(29-8)23-14(12)24/h9-10H,11H2,1-8H3,(H,22,25)(H,21,23,24). The maximum atomic E-state index is 12.4. The van der Waals surface area contributed by atoms with E-state index in [1.807, 2.05) is 34.0 Å². The van der Waals surface area contributed by atoms with E-state index in [9.17, 15) is 9.59 Å². The van der Waals surface area contributed by atoms with Gasteiger partial charge in [0.1, 0.15) is 5.60 Å². The molecule has 8 nitrogen and oxygen atoms in total. The fourth-order valence-electron chi connectivity index (χ4n) is 2.48. The molecule has 0 atom stereocenters. The molecule has 1 aliphatic rings. The lowest BCUT2D eigenvalue weighted by atomic mass is 9.77. The summed E-state index contributed by atoms with van der Waals surface area (Å²) in [5, 5.41) is 3.23. The third-order valence-electron chi connectivity index (χ3n) is 4.73. The summed E-state index contributed by atoms with van der Waals surface area (Å²) in [5.41, 5.74) is -1.09. The van der Waals surface area contributed by atoms with E-state index < -0.39 is 30.0 Å². The number of aromatic nitrogens is 2. The maximum Gasteiger partial charge on any atom is 0.492 e. The van der Waals surface area contributed by atoms with Crippen LogP contribution in [0.5, 0.6) is 0 Å². The SMILES string of the molecule is CSc1ncc(C=C(CNC(=O)OC(C)(C)C)B2OC(C)(C)C(C)(C)O2)c(=O)[nH]1. The molecule has 10 heteroatoms. The van der Waals surface area contributed by atoms with Gasteiger partial charge in [0.15, 0.2) is 5.16 Å². The Morgan fingerprint density at radius 2 is 1.90 bits per heavy atom. The van der Waals surface area contributed by atoms with Crippen LogP contribution in [0.15, 0.2) is 21.6 Å². The molecule has 1 amide bonds. The minimum atomic E-state index is -0.727. The number of thioether (sulfide) groups is 1. The second kappa shape index (κ2) is 8.53. The molecular formula is C19H30BN3O5S. The summed E-state index contributed by atoms with van der Waals surface area (Å²) in [6.45, 7) is 13.2. The number of ether oxygens (including phenoxy) is 1. The van der Waals surface area contributed by atoms with Crippen LogP contribution in [0.25, 0.3) is 6.08 Å². The Balaban J connectivity index is 2.31. The summed E-state index contributed by atoms with van der Waals surface area (Å²) < 4.78 is 17.5. The van der Waals surface area contributed by atoms with E-state index in [2.05, 4.69) is 15.3 Å². The van der Waals surface area contributed by atoms with Gasteiger partial charge in [-0.25, -0.2) is 9.78 Å². The van der Waals surface area contributed by atoms with Crippen LogP contribution in [0.3, 0.4) is 0 Å². The third kappa shape index (κ3) is 6.10. The van der Waals surface area contributed by atoms with Crippen molar-refractivity contribution < 1.29 is 18.8 Å². The summed E-state index contributed by atoms with van der Waals surface area (Å²) in [7, 11) is -0.727. The highest BCUT2D eigenvalue weighted by atomic mass is 32.2. The van der Waals surface area contributed by atoms with Crippen LogP contribution in [0.2, 0.25) is 0 Å². The Bertz CT molecular complexity index is 829. The average Bonchev–Trinajstić information content (AvgIpc) is 2.78. The first-order chi connectivity index (χ1) is 13.2. The third-order valence-corrected chi connectivity index (χ3v) is 5.32. The fraction of sp³-hybridized carbons (Fsp3) is 0.632. The lowest BCUT2D eigenvalue weighted by Crippen LogP contribution is -2.41. The predicted molar refractivity (Wildman–Crippen MR) is 115 cm³/mol. The Morgan fingerprint density at radius 1 is 1.31 bits per heavy atom. The van der Waals surface area contributed by atoms with Crippen LogP contribution in [0.1, 0.15) is 54.0 Å². The first-order valence-corrected chi connectivity index (χ1v) is 10.6. The van der Waals surface area contributed by atoms with E-state index in [-0.39, 0.29) is 12.1 Å². The number of rotatable bonds is 5. The largest absolute Gasteiger partial charge is 0.492 e. The minimum Gasteiger partial charge on any atom is -0.444 e. The van der Waals surface area contributed by atoms with Crippen molar-refractivity contribution in [3.63, 3.8) is 0 Å². The number of alkyl carbamates (subject to hydrolysis) is 1. The van der Waals surface area contributed by atoms with Gasteiger partial charge in [-0.05, 0) is 60.2 Å². The van der Waals surface area contributed by atoms with Gasteiger partial charge in [0, 0.05) is 12.7 Å². The predicted octanol–water partition coefficient (Wildman–Crippen LogP) is 3.03. The molecule has 2 heterocycles. The number of carbonyl (C=O) groups is 1. The molecule has 0 bridgehead atoms. The second-order valence-corrected chi connectivity index (χ2v) is 9.63. The number of nitrogens with one attached hydrogen (secondary N) is 2. The van der Waals surface area contributed by atoms with Gasteiger partial charge in [-0.15, -0.1) is 0 Å². The quantitative estimate of drug-likeness (QED) is 0.426. The minimum absolute atomic E-state index is 0.0927. The van der Waals surface area contributed by atoms with Gasteiger partial charge in [0.2, 0.25) is 0 Å². The average molecular weight is 423 g/mol. The Labute approximate surface area is 176 Å². The summed E-state index contributed by atoms with van der Waals surface area (Å²) in [4.78, 5) is 31.4. The molecule has 2 N–H and O–H groups in total. The number of hydrogen-bond donors (Lipinski definition) is 2. The lowest BCUT2D eigenvalue weighted by Gasteiger charge is -2.32. The van der Waals surface area contributed by atoms with Crippen molar-refractivity contribution in [1.82, 2.24) is 15.3 Å². The van der Waals surface area contributed by atoms with Crippen molar-refractivity contribution in [3.8, 4) is 0 Å². The molecule has 0 aliphatic carbocycles. The van der Waals surface area contributed by atoms with E-state index in [0.29, 0.717) is 16.2 Å². The molecule has 1 fully saturated rings. The number of hydrogen-bond acceptors (Lipinski definition) is 7. The van der Waals surface area contributed by atoms with Gasteiger partial charge in [-0.3, -0.25) is 4.79 Å². The van der Waals surface area contributed by atoms with E-state index in [1.54, 1.807) is 26.8 Å². The maximum absolute atomic E-state index is 12.4. The van der Waals surface area contributed by atoms with Crippen molar-refractivity contribution in [2.75, 3.05) is 12.8 Å². The zero-order valence-corrected chi connectivity index (χ0v) is 19.2. The van der Waals surface area contributed by atoms with Crippen LogP contribution >= 0.6 is 11.8 Å². The molecule has 0 radical (unpaired) electrons. The molecule has 1 aliphatic heterocycles. The van der Waals surface area contributed by atoms with Gasteiger partial charge in [0.05, 0.1) is 16.8 Å². The first-order valence-electron chi connectivity index (χ1n) is 9.40. The lowest BCUT2D eigenvalue weighted by molar-refractivity contribution is 0.00578. The molecule has 0 spiro atoms. The summed E-state index contributed by atoms with van der Waals surface area (Å²) in [6, 6.07) is 0. The molecule has 2 rings (SSSR count). The van der Waals surface area contributed by atoms with Gasteiger partial charge >= 0.3 is 13.2 Å². The molecular weight excluding hydrogens is 393 g/mol. The van der Waals surface area contributed by atoms with E-state index in [4.69, 9.17) is 14.0 Å². The normalized spacial score (nSPS) is 18.6. The van der Waals surface area contributed by atoms with Crippen LogP contribution in [-0.4, -0.2) is 52.8 Å². The van der Waals surface area contributed by atoms with E-state index in [0.717, 1.165) is 0 Å². The molecule has 0 unspecified atom stereocenters. The van der Waals surface area contributed by atoms with Gasteiger partial charge < -0.3 is 24.3 Å². The highest BCUT2D eigenvalue weighted by molar-refractivity contribution is 7.98. The molecule has 1 aromatic heterocycles. The second-order valence-electron chi connectivity index (χ2n) is 8.84. The van der Waals surface area contributed by atoms with Crippen molar-refractivity contribution in [2.24, 2.45) is 0 Å². The molecule has 0 aromatic carbocycles. The van der Waals surface area contributed by atoms with E-state index in [1.165, 1.54) is 18.0 Å². The molecule has 29 heavy (non-hydrogen) atoms. The fourth-order valence-corrected chi connectivity index (χ4v) is 2.83. The summed E-state index contributed by atoms with van der Waals surface area (Å²) in [6.07, 6.45) is 4.39. The zero-order valence-electron chi connectivity index (χ0n) is 18.3. The van der Waals surface area contributed by atoms with Crippen molar-refractivity contribution in [3.05, 3.63) is 27.6 Å². The van der Waals surface area contributed by atoms with Gasteiger partial charge in [-0.2, -0.15) is 0 Å². The molecule has 1 aromatic rings. The van der Waals surface area contributed by atoms with Crippen molar-refractivity contribution >= 4 is 31.0 Å². The zero-order chi connectivity index (χ0) is 22.0. The number of amides is 1. The highest BCUT2D eigenvalue weighted by Crippen LogP contribution is 2.38. The van der Waals surface area contributed by atoms with Crippen LogP contribution in [0.4, 0.5) is 4.79 Å². The molecule has 1 saturated heterocycles. The van der Waals surface area contributed by atoms with Crippen LogP contribution in [-0.2, 0) is 14.0 Å². The number of carbonyl (C=O) groups excluding carboxylic acids is 1.